The number of hydrogen-bond donors (Lipinski definition) is 0. The molecule has 0 bridgehead atoms. The summed E-state index contributed by atoms with van der Waals surface area (Å²) in [6.07, 6.45) is 9.93. The lowest BCUT2D eigenvalue weighted by Gasteiger charge is -2.29. The minimum absolute atomic E-state index is 0.209. The maximum Gasteiger partial charge on any atom is 0.226 e. The average molecular weight is 485 g/mol. The van der Waals surface area contributed by atoms with E-state index in [2.05, 4.69) is 58.3 Å². The molecule has 4 atom stereocenters. The summed E-state index contributed by atoms with van der Waals surface area (Å²) < 4.78 is 0. The fourth-order valence-corrected chi connectivity index (χ4v) is 7.52. The fraction of sp³-hybridized carbons (Fsp3) is 0.562. The number of hydrogen-bond acceptors (Lipinski definition) is 2. The van der Waals surface area contributed by atoms with Gasteiger partial charge in [0.2, 0.25) is 11.8 Å². The Bertz CT molecular complexity index is 945. The zero-order chi connectivity index (χ0) is 24.5. The SMILES string of the molecule is O=C(C1[C@H]2CCCC[C@H]12)N(CCN(Cc1ccccc1)C(=O)C1[C@H]2CCCC[C@H]12)Cc1ccccc1. The van der Waals surface area contributed by atoms with Gasteiger partial charge < -0.3 is 9.80 Å². The van der Waals surface area contributed by atoms with E-state index in [1.807, 2.05) is 12.1 Å². The third-order valence-corrected chi connectivity index (χ3v) is 9.58. The summed E-state index contributed by atoms with van der Waals surface area (Å²) in [6, 6.07) is 20.7. The number of amides is 2. The van der Waals surface area contributed by atoms with Gasteiger partial charge in [-0.05, 0) is 60.5 Å². The second kappa shape index (κ2) is 10.4. The zero-order valence-electron chi connectivity index (χ0n) is 21.4. The number of carbonyl (C=O) groups is 2. The highest BCUT2D eigenvalue weighted by molar-refractivity contribution is 5.83. The molecule has 4 saturated carbocycles. The smallest absolute Gasteiger partial charge is 0.226 e. The fourth-order valence-electron chi connectivity index (χ4n) is 7.52. The van der Waals surface area contributed by atoms with Crippen LogP contribution in [0.1, 0.15) is 62.5 Å². The molecule has 4 fully saturated rings. The summed E-state index contributed by atoms with van der Waals surface area (Å²) in [7, 11) is 0. The molecule has 190 valence electrons. The third kappa shape index (κ3) is 4.96. The Morgan fingerprint density at radius 3 is 1.22 bits per heavy atom. The quantitative estimate of drug-likeness (QED) is 0.443. The molecule has 4 nitrogen and oxygen atoms in total. The summed E-state index contributed by atoms with van der Waals surface area (Å²) in [4.78, 5) is 31.7. The standard InChI is InChI=1S/C32H40N2O2/c35-31(29-25-15-7-8-16-26(25)29)33(21-23-11-3-1-4-12-23)19-20-34(22-24-13-5-2-6-14-24)32(36)30-27-17-9-10-18-28(27)30/h1-6,11-14,25-30H,7-10,15-22H2/t25-,26-,27-,28-/m0/s1. The first-order valence-electron chi connectivity index (χ1n) is 14.4. The van der Waals surface area contributed by atoms with E-state index in [0.717, 1.165) is 0 Å². The van der Waals surface area contributed by atoms with E-state index < -0.39 is 0 Å². The van der Waals surface area contributed by atoms with E-state index in [-0.39, 0.29) is 11.8 Å². The topological polar surface area (TPSA) is 40.6 Å². The highest BCUT2D eigenvalue weighted by Crippen LogP contribution is 2.57. The van der Waals surface area contributed by atoms with Crippen molar-refractivity contribution in [2.24, 2.45) is 35.5 Å². The lowest BCUT2D eigenvalue weighted by atomic mass is 10.0. The number of rotatable bonds is 9. The summed E-state index contributed by atoms with van der Waals surface area (Å²) in [5, 5.41) is 0. The Labute approximate surface area is 216 Å². The van der Waals surface area contributed by atoms with Crippen molar-refractivity contribution in [2.75, 3.05) is 13.1 Å². The Hall–Kier alpha value is -2.62. The molecule has 4 heteroatoms. The summed E-state index contributed by atoms with van der Waals surface area (Å²) in [6.45, 7) is 2.50. The highest BCUT2D eigenvalue weighted by atomic mass is 16.2. The minimum atomic E-state index is 0.209. The van der Waals surface area contributed by atoms with Crippen LogP contribution in [-0.2, 0) is 22.7 Å². The van der Waals surface area contributed by atoms with Gasteiger partial charge in [-0.2, -0.15) is 0 Å². The van der Waals surface area contributed by atoms with Crippen molar-refractivity contribution in [2.45, 2.75) is 64.5 Å². The predicted octanol–water partition coefficient (Wildman–Crippen LogP) is 5.92. The second-order valence-electron chi connectivity index (χ2n) is 11.8. The molecule has 4 aliphatic rings. The number of benzene rings is 2. The Morgan fingerprint density at radius 1 is 0.556 bits per heavy atom. The zero-order valence-corrected chi connectivity index (χ0v) is 21.4. The third-order valence-electron chi connectivity index (χ3n) is 9.58. The summed E-state index contributed by atoms with van der Waals surface area (Å²) in [5.74, 6) is 3.46. The van der Waals surface area contributed by atoms with E-state index in [9.17, 15) is 9.59 Å². The van der Waals surface area contributed by atoms with Crippen molar-refractivity contribution in [1.29, 1.82) is 0 Å². The molecule has 6 rings (SSSR count). The molecule has 0 aromatic heterocycles. The van der Waals surface area contributed by atoms with Crippen molar-refractivity contribution < 1.29 is 9.59 Å². The van der Waals surface area contributed by atoms with Crippen LogP contribution in [0.2, 0.25) is 0 Å². The molecule has 0 aliphatic heterocycles. The molecule has 4 aliphatic carbocycles. The molecular formula is C32H40N2O2. The molecule has 0 N–H and O–H groups in total. The van der Waals surface area contributed by atoms with Gasteiger partial charge in [-0.3, -0.25) is 9.59 Å². The minimum Gasteiger partial charge on any atom is -0.336 e. The number of nitrogens with zero attached hydrogens (tertiary/aromatic N) is 2. The van der Waals surface area contributed by atoms with Crippen LogP contribution in [0.5, 0.6) is 0 Å². The van der Waals surface area contributed by atoms with Crippen molar-refractivity contribution in [1.82, 2.24) is 9.80 Å². The maximum atomic E-state index is 13.8. The number of fused-ring (bicyclic) bond motifs is 2. The van der Waals surface area contributed by atoms with Crippen LogP contribution in [0.15, 0.2) is 60.7 Å². The van der Waals surface area contributed by atoms with Gasteiger partial charge in [0.15, 0.2) is 0 Å². The molecule has 2 aromatic carbocycles. The van der Waals surface area contributed by atoms with E-state index in [1.54, 1.807) is 0 Å². The molecule has 0 spiro atoms. The summed E-state index contributed by atoms with van der Waals surface area (Å²) in [5.41, 5.74) is 2.34. The van der Waals surface area contributed by atoms with Gasteiger partial charge in [-0.1, -0.05) is 86.3 Å². The van der Waals surface area contributed by atoms with Gasteiger partial charge >= 0.3 is 0 Å². The Morgan fingerprint density at radius 2 is 0.889 bits per heavy atom. The van der Waals surface area contributed by atoms with Gasteiger partial charge in [0, 0.05) is 38.0 Å². The van der Waals surface area contributed by atoms with Gasteiger partial charge in [0.25, 0.3) is 0 Å². The first kappa shape index (κ1) is 23.8. The van der Waals surface area contributed by atoms with Crippen LogP contribution in [0, 0.1) is 35.5 Å². The highest BCUT2D eigenvalue weighted by Gasteiger charge is 2.57. The molecule has 36 heavy (non-hydrogen) atoms. The lowest BCUT2D eigenvalue weighted by Crippen LogP contribution is -2.42. The van der Waals surface area contributed by atoms with Crippen molar-refractivity contribution in [3.63, 3.8) is 0 Å². The molecule has 2 aromatic rings. The van der Waals surface area contributed by atoms with Gasteiger partial charge in [-0.25, -0.2) is 0 Å². The Balaban J connectivity index is 1.18. The van der Waals surface area contributed by atoms with Crippen LogP contribution >= 0.6 is 0 Å². The predicted molar refractivity (Wildman–Crippen MR) is 142 cm³/mol. The van der Waals surface area contributed by atoms with E-state index in [1.165, 1.54) is 62.5 Å². The molecule has 0 heterocycles. The Kier molecular flexibility index (Phi) is 6.86. The van der Waals surface area contributed by atoms with E-state index >= 15 is 0 Å². The van der Waals surface area contributed by atoms with Crippen molar-refractivity contribution >= 4 is 11.8 Å². The lowest BCUT2D eigenvalue weighted by molar-refractivity contribution is -0.138. The van der Waals surface area contributed by atoms with Crippen molar-refractivity contribution in [3.05, 3.63) is 71.8 Å². The van der Waals surface area contributed by atoms with Crippen molar-refractivity contribution in [3.8, 4) is 0 Å². The maximum absolute atomic E-state index is 13.8. The molecule has 2 amide bonds. The molecule has 0 unspecified atom stereocenters. The second-order valence-corrected chi connectivity index (χ2v) is 11.8. The van der Waals surface area contributed by atoms with E-state index in [4.69, 9.17) is 0 Å². The number of carbonyl (C=O) groups excluding carboxylic acids is 2. The van der Waals surface area contributed by atoms with Gasteiger partial charge in [-0.15, -0.1) is 0 Å². The van der Waals surface area contributed by atoms with Gasteiger partial charge in [0.05, 0.1) is 0 Å². The normalized spacial score (nSPS) is 30.0. The van der Waals surface area contributed by atoms with Crippen LogP contribution in [0.4, 0.5) is 0 Å². The first-order valence-corrected chi connectivity index (χ1v) is 14.4. The van der Waals surface area contributed by atoms with Crippen LogP contribution in [-0.4, -0.2) is 34.7 Å². The van der Waals surface area contributed by atoms with Crippen LogP contribution < -0.4 is 0 Å². The average Bonchev–Trinajstić information content (AvgIpc) is 3.83. The van der Waals surface area contributed by atoms with Crippen LogP contribution in [0.25, 0.3) is 0 Å². The van der Waals surface area contributed by atoms with E-state index in [0.29, 0.717) is 61.7 Å². The largest absolute Gasteiger partial charge is 0.336 e. The van der Waals surface area contributed by atoms with Crippen LogP contribution in [0.3, 0.4) is 0 Å². The summed E-state index contributed by atoms with van der Waals surface area (Å²) >= 11 is 0. The molecule has 0 saturated heterocycles. The molecular weight excluding hydrogens is 444 g/mol. The molecule has 0 radical (unpaired) electrons. The first-order chi connectivity index (χ1) is 17.7. The van der Waals surface area contributed by atoms with Gasteiger partial charge in [0.1, 0.15) is 0 Å². The monoisotopic (exact) mass is 484 g/mol.